The Morgan fingerprint density at radius 1 is 1.38 bits per heavy atom. The molecule has 1 fully saturated rings. The van der Waals surface area contributed by atoms with E-state index in [1.807, 2.05) is 14.0 Å². The van der Waals surface area contributed by atoms with Crippen molar-refractivity contribution in [1.29, 1.82) is 0 Å². The van der Waals surface area contributed by atoms with Gasteiger partial charge in [-0.05, 0) is 26.8 Å². The van der Waals surface area contributed by atoms with Crippen LogP contribution in [0.4, 0.5) is 0 Å². The van der Waals surface area contributed by atoms with Crippen LogP contribution in [0.2, 0.25) is 0 Å². The average Bonchev–Trinajstić information content (AvgIpc) is 2.29. The highest BCUT2D eigenvalue weighted by atomic mass is 16.3. The first-order valence-corrected chi connectivity index (χ1v) is 6.21. The van der Waals surface area contributed by atoms with Crippen LogP contribution in [0.15, 0.2) is 0 Å². The van der Waals surface area contributed by atoms with E-state index in [2.05, 4.69) is 10.6 Å². The summed E-state index contributed by atoms with van der Waals surface area (Å²) < 4.78 is 0. The quantitative estimate of drug-likeness (QED) is 0.652. The zero-order valence-electron chi connectivity index (χ0n) is 10.4. The molecule has 1 saturated carbocycles. The number of rotatable bonds is 5. The first-order valence-electron chi connectivity index (χ1n) is 6.21. The van der Waals surface area contributed by atoms with Crippen LogP contribution >= 0.6 is 0 Å². The third-order valence-electron chi connectivity index (χ3n) is 3.52. The van der Waals surface area contributed by atoms with Crippen molar-refractivity contribution in [2.45, 2.75) is 57.0 Å². The maximum absolute atomic E-state index is 11.8. The van der Waals surface area contributed by atoms with Gasteiger partial charge < -0.3 is 15.7 Å². The fraction of sp³-hybridized carbons (Fsp3) is 0.917. The highest BCUT2D eigenvalue weighted by Gasteiger charge is 2.32. The van der Waals surface area contributed by atoms with Crippen LogP contribution in [0.1, 0.15) is 45.4 Å². The van der Waals surface area contributed by atoms with Gasteiger partial charge >= 0.3 is 0 Å². The van der Waals surface area contributed by atoms with Gasteiger partial charge in [-0.25, -0.2) is 0 Å². The molecule has 0 aromatic heterocycles. The van der Waals surface area contributed by atoms with E-state index in [-0.39, 0.29) is 24.1 Å². The summed E-state index contributed by atoms with van der Waals surface area (Å²) in [6.07, 6.45) is 6.34. The molecule has 0 heterocycles. The maximum Gasteiger partial charge on any atom is 0.222 e. The van der Waals surface area contributed by atoms with Crippen LogP contribution in [0.3, 0.4) is 0 Å². The van der Waals surface area contributed by atoms with Gasteiger partial charge in [-0.2, -0.15) is 0 Å². The molecule has 1 rings (SSSR count). The summed E-state index contributed by atoms with van der Waals surface area (Å²) in [4.78, 5) is 11.8. The van der Waals surface area contributed by atoms with Crippen LogP contribution in [0.25, 0.3) is 0 Å². The zero-order chi connectivity index (χ0) is 12.0. The van der Waals surface area contributed by atoms with Crippen molar-refractivity contribution in [3.8, 4) is 0 Å². The minimum absolute atomic E-state index is 0.00169. The van der Waals surface area contributed by atoms with Crippen LogP contribution in [0.5, 0.6) is 0 Å². The lowest BCUT2D eigenvalue weighted by Crippen LogP contribution is -2.49. The molecule has 16 heavy (non-hydrogen) atoms. The van der Waals surface area contributed by atoms with Crippen molar-refractivity contribution in [3.63, 3.8) is 0 Å². The van der Waals surface area contributed by atoms with E-state index < -0.39 is 0 Å². The maximum atomic E-state index is 11.8. The first-order chi connectivity index (χ1) is 7.62. The Bertz CT molecular complexity index is 225. The van der Waals surface area contributed by atoms with Crippen LogP contribution in [-0.2, 0) is 4.79 Å². The summed E-state index contributed by atoms with van der Waals surface area (Å²) >= 11 is 0. The number of nitrogens with one attached hydrogen (secondary N) is 2. The topological polar surface area (TPSA) is 61.4 Å². The van der Waals surface area contributed by atoms with Crippen LogP contribution in [0, 0.1) is 0 Å². The van der Waals surface area contributed by atoms with Gasteiger partial charge in [0.15, 0.2) is 0 Å². The van der Waals surface area contributed by atoms with E-state index in [4.69, 9.17) is 5.11 Å². The predicted molar refractivity (Wildman–Crippen MR) is 64.2 cm³/mol. The van der Waals surface area contributed by atoms with Gasteiger partial charge in [0, 0.05) is 18.0 Å². The molecule has 1 atom stereocenters. The third-order valence-corrected chi connectivity index (χ3v) is 3.52. The van der Waals surface area contributed by atoms with E-state index in [1.54, 1.807) is 0 Å². The molecule has 0 saturated heterocycles. The normalized spacial score (nSPS) is 21.4. The molecule has 1 unspecified atom stereocenters. The van der Waals surface area contributed by atoms with Crippen LogP contribution in [-0.4, -0.2) is 36.2 Å². The number of carbonyl (C=O) groups excluding carboxylic acids is 1. The SMILES string of the molecule is CNC1(CC(=O)NC(C)CO)CCCCC1. The summed E-state index contributed by atoms with van der Waals surface area (Å²) in [5.74, 6) is 0.0396. The molecule has 0 aromatic rings. The lowest BCUT2D eigenvalue weighted by atomic mass is 9.79. The Labute approximate surface area is 97.8 Å². The highest BCUT2D eigenvalue weighted by molar-refractivity contribution is 5.77. The molecular weight excluding hydrogens is 204 g/mol. The number of aliphatic hydroxyl groups is 1. The van der Waals surface area contributed by atoms with Gasteiger partial charge in [-0.1, -0.05) is 19.3 Å². The second-order valence-electron chi connectivity index (χ2n) is 4.92. The summed E-state index contributed by atoms with van der Waals surface area (Å²) in [5, 5.41) is 15.0. The third kappa shape index (κ3) is 3.76. The largest absolute Gasteiger partial charge is 0.394 e. The monoisotopic (exact) mass is 228 g/mol. The summed E-state index contributed by atoms with van der Waals surface area (Å²) in [7, 11) is 1.94. The summed E-state index contributed by atoms with van der Waals surface area (Å²) in [6, 6.07) is -0.148. The van der Waals surface area contributed by atoms with Gasteiger partial charge in [0.25, 0.3) is 0 Å². The van der Waals surface area contributed by atoms with E-state index in [0.717, 1.165) is 12.8 Å². The van der Waals surface area contributed by atoms with E-state index in [0.29, 0.717) is 6.42 Å². The number of carbonyl (C=O) groups is 1. The molecule has 0 aliphatic heterocycles. The molecule has 1 amide bonds. The van der Waals surface area contributed by atoms with Crippen molar-refractivity contribution in [2.75, 3.05) is 13.7 Å². The fourth-order valence-corrected chi connectivity index (χ4v) is 2.42. The predicted octanol–water partition coefficient (Wildman–Crippen LogP) is 0.796. The molecule has 4 nitrogen and oxygen atoms in total. The molecule has 3 N–H and O–H groups in total. The lowest BCUT2D eigenvalue weighted by Gasteiger charge is -2.36. The van der Waals surface area contributed by atoms with Gasteiger partial charge in [-0.15, -0.1) is 0 Å². The molecule has 1 aliphatic rings. The van der Waals surface area contributed by atoms with Crippen molar-refractivity contribution in [1.82, 2.24) is 10.6 Å². The van der Waals surface area contributed by atoms with Gasteiger partial charge in [0.05, 0.1) is 6.61 Å². The molecule has 0 bridgehead atoms. The molecule has 0 aromatic carbocycles. The second kappa shape index (κ2) is 6.21. The Hall–Kier alpha value is -0.610. The molecule has 4 heteroatoms. The summed E-state index contributed by atoms with van der Waals surface area (Å²) in [5.41, 5.74) is -0.0164. The minimum Gasteiger partial charge on any atom is -0.394 e. The Morgan fingerprint density at radius 3 is 2.50 bits per heavy atom. The molecular formula is C12H24N2O2. The molecule has 1 aliphatic carbocycles. The summed E-state index contributed by atoms with van der Waals surface area (Å²) in [6.45, 7) is 1.81. The van der Waals surface area contributed by atoms with Crippen LogP contribution < -0.4 is 10.6 Å². The van der Waals surface area contributed by atoms with E-state index in [9.17, 15) is 4.79 Å². The fourth-order valence-electron chi connectivity index (χ4n) is 2.42. The lowest BCUT2D eigenvalue weighted by molar-refractivity contribution is -0.123. The second-order valence-corrected chi connectivity index (χ2v) is 4.92. The Morgan fingerprint density at radius 2 is 2.00 bits per heavy atom. The van der Waals surface area contributed by atoms with Crippen molar-refractivity contribution < 1.29 is 9.90 Å². The van der Waals surface area contributed by atoms with Crippen molar-refractivity contribution in [2.24, 2.45) is 0 Å². The number of hydrogen-bond donors (Lipinski definition) is 3. The number of hydrogen-bond acceptors (Lipinski definition) is 3. The minimum atomic E-state index is -0.148. The van der Waals surface area contributed by atoms with Crippen molar-refractivity contribution in [3.05, 3.63) is 0 Å². The van der Waals surface area contributed by atoms with E-state index in [1.165, 1.54) is 19.3 Å². The average molecular weight is 228 g/mol. The smallest absolute Gasteiger partial charge is 0.222 e. The molecule has 0 spiro atoms. The Kier molecular flexibility index (Phi) is 5.22. The molecule has 0 radical (unpaired) electrons. The highest BCUT2D eigenvalue weighted by Crippen LogP contribution is 2.30. The van der Waals surface area contributed by atoms with Gasteiger partial charge in [0.2, 0.25) is 5.91 Å². The zero-order valence-corrected chi connectivity index (χ0v) is 10.4. The van der Waals surface area contributed by atoms with E-state index >= 15 is 0 Å². The molecule has 94 valence electrons. The van der Waals surface area contributed by atoms with Crippen molar-refractivity contribution >= 4 is 5.91 Å². The Balaban J connectivity index is 2.45. The standard InChI is InChI=1S/C12H24N2O2/c1-10(9-15)14-11(16)8-12(13-2)6-4-3-5-7-12/h10,13,15H,3-9H2,1-2H3,(H,14,16). The number of aliphatic hydroxyl groups excluding tert-OH is 1. The van der Waals surface area contributed by atoms with Gasteiger partial charge in [0.1, 0.15) is 0 Å². The first kappa shape index (κ1) is 13.5. The van der Waals surface area contributed by atoms with Gasteiger partial charge in [-0.3, -0.25) is 4.79 Å². The number of amides is 1.